The average molecular weight is 347 g/mol. The second-order valence-electron chi connectivity index (χ2n) is 5.80. The normalized spacial score (nSPS) is 14.3. The molecule has 1 atom stereocenters. The molecule has 0 amide bonds. The summed E-state index contributed by atoms with van der Waals surface area (Å²) in [5.74, 6) is 0.141. The van der Waals surface area contributed by atoms with E-state index >= 15 is 0 Å². The molecule has 0 saturated carbocycles. The van der Waals surface area contributed by atoms with Gasteiger partial charge in [0.15, 0.2) is 0 Å². The van der Waals surface area contributed by atoms with Crippen molar-refractivity contribution in [1.29, 1.82) is 0 Å². The first kappa shape index (κ1) is 19.2. The molecule has 0 aliphatic carbocycles. The van der Waals surface area contributed by atoms with Crippen LogP contribution in [0, 0.1) is 0 Å². The van der Waals surface area contributed by atoms with Gasteiger partial charge in [0.25, 0.3) is 0 Å². The maximum absolute atomic E-state index is 12.6. The molecule has 0 aliphatic heterocycles. The van der Waals surface area contributed by atoms with Crippen LogP contribution in [0.5, 0.6) is 0 Å². The third kappa shape index (κ3) is 3.66. The van der Waals surface area contributed by atoms with Crippen LogP contribution in [-0.2, 0) is 9.53 Å². The van der Waals surface area contributed by atoms with E-state index in [1.54, 1.807) is 7.11 Å². The van der Waals surface area contributed by atoms with E-state index < -0.39 is 21.3 Å². The van der Waals surface area contributed by atoms with E-state index in [0.717, 1.165) is 0 Å². The molecule has 0 aromatic carbocycles. The Morgan fingerprint density at radius 2 is 1.32 bits per heavy atom. The topological polar surface area (TPSA) is 26.3 Å². The molecule has 0 heterocycles. The molecule has 0 aliphatic rings. The fourth-order valence-corrected chi connectivity index (χ4v) is 30.9. The molecule has 114 valence electrons. The van der Waals surface area contributed by atoms with Gasteiger partial charge in [-0.3, -0.25) is 0 Å². The molecule has 2 nitrogen and oxygen atoms in total. The second kappa shape index (κ2) is 8.50. The van der Waals surface area contributed by atoms with Gasteiger partial charge in [0.2, 0.25) is 0 Å². The molecule has 0 N–H and O–H groups in total. The molecule has 0 radical (unpaired) electrons. The molecular weight excluding hydrogens is 313 g/mol. The van der Waals surface area contributed by atoms with Gasteiger partial charge < -0.3 is 0 Å². The SMILES string of the molecule is CC[Si](CC)(CC)[CH](C(=O)OC)[Ge]([CH2]C)([CH2]C)[CH2]C. The number of methoxy groups -OCH3 is 1. The van der Waals surface area contributed by atoms with E-state index in [4.69, 9.17) is 4.74 Å². The van der Waals surface area contributed by atoms with Crippen LogP contribution in [0.15, 0.2) is 0 Å². The second-order valence-corrected chi connectivity index (χ2v) is 23.8. The van der Waals surface area contributed by atoms with Crippen LogP contribution < -0.4 is 0 Å². The Morgan fingerprint density at radius 3 is 1.53 bits per heavy atom. The summed E-state index contributed by atoms with van der Waals surface area (Å²) in [6, 6.07) is 3.69. The van der Waals surface area contributed by atoms with Crippen LogP contribution in [-0.4, -0.2) is 34.4 Å². The van der Waals surface area contributed by atoms with E-state index in [0.29, 0.717) is 4.37 Å². The van der Waals surface area contributed by atoms with Gasteiger partial charge in [0.05, 0.1) is 0 Å². The number of hydrogen-bond acceptors (Lipinski definition) is 2. The summed E-state index contributed by atoms with van der Waals surface area (Å²) >= 11 is -2.13. The molecule has 1 unspecified atom stereocenters. The van der Waals surface area contributed by atoms with Gasteiger partial charge in [0, 0.05) is 0 Å². The molecular formula is C15H34GeO2Si. The van der Waals surface area contributed by atoms with Crippen LogP contribution in [0.4, 0.5) is 0 Å². The first-order valence-electron chi connectivity index (χ1n) is 8.05. The van der Waals surface area contributed by atoms with Gasteiger partial charge in [-0.1, -0.05) is 0 Å². The molecule has 4 heteroatoms. The summed E-state index contributed by atoms with van der Waals surface area (Å²) in [7, 11) is 0.0663. The zero-order valence-corrected chi connectivity index (χ0v) is 17.2. The number of carbonyl (C=O) groups is 1. The van der Waals surface area contributed by atoms with E-state index in [1.807, 2.05) is 0 Å². The van der Waals surface area contributed by atoms with Crippen molar-refractivity contribution in [2.24, 2.45) is 0 Å². The number of esters is 1. The molecule has 0 bridgehead atoms. The van der Waals surface area contributed by atoms with Crippen molar-refractivity contribution in [3.63, 3.8) is 0 Å². The first-order valence-corrected chi connectivity index (χ1v) is 16.4. The van der Waals surface area contributed by atoms with Crippen LogP contribution in [0.1, 0.15) is 41.5 Å². The molecule has 0 fully saturated rings. The van der Waals surface area contributed by atoms with Crippen molar-refractivity contribution in [2.75, 3.05) is 7.11 Å². The van der Waals surface area contributed by atoms with Crippen molar-refractivity contribution >= 4 is 27.3 Å². The Labute approximate surface area is 124 Å². The number of rotatable bonds is 9. The predicted molar refractivity (Wildman–Crippen MR) is 90.2 cm³/mol. The zero-order chi connectivity index (χ0) is 15.1. The van der Waals surface area contributed by atoms with Crippen molar-refractivity contribution in [2.45, 2.75) is 79.8 Å². The minimum absolute atomic E-state index is 0.141. The number of hydrogen-bond donors (Lipinski definition) is 0. The molecule has 0 aromatic rings. The predicted octanol–water partition coefficient (Wildman–Crippen LogP) is 5.09. The van der Waals surface area contributed by atoms with E-state index in [1.165, 1.54) is 33.9 Å². The summed E-state index contributed by atoms with van der Waals surface area (Å²) in [6.45, 7) is 13.9. The van der Waals surface area contributed by atoms with Gasteiger partial charge in [0.1, 0.15) is 0 Å². The maximum atomic E-state index is 12.6. The first-order chi connectivity index (χ1) is 8.97. The molecule has 0 aromatic heterocycles. The summed E-state index contributed by atoms with van der Waals surface area (Å²) in [5, 5.41) is 3.80. The summed E-state index contributed by atoms with van der Waals surface area (Å²) in [4.78, 5) is 12.6. The van der Waals surface area contributed by atoms with Crippen molar-refractivity contribution in [3.8, 4) is 0 Å². The van der Waals surface area contributed by atoms with Gasteiger partial charge in [-0.15, -0.1) is 0 Å². The average Bonchev–Trinajstić information content (AvgIpc) is 2.48. The molecule has 0 rings (SSSR count). The van der Waals surface area contributed by atoms with Gasteiger partial charge in [-0.05, 0) is 0 Å². The molecule has 0 spiro atoms. The van der Waals surface area contributed by atoms with Crippen LogP contribution in [0.3, 0.4) is 0 Å². The fraction of sp³-hybridized carbons (Fsp3) is 0.933. The third-order valence-corrected chi connectivity index (χ3v) is 30.5. The standard InChI is InChI=1S/C15H34GeO2Si/c1-8-16(9-2,10-3)14(15(17)18-7)19(11-4,12-5)13-6/h14H,8-13H2,1-7H3. The minimum atomic E-state index is -2.13. The molecule has 19 heavy (non-hydrogen) atoms. The number of carbonyl (C=O) groups excluding carboxylic acids is 1. The van der Waals surface area contributed by atoms with Crippen molar-refractivity contribution in [3.05, 3.63) is 0 Å². The summed E-state index contributed by atoms with van der Waals surface area (Å²) < 4.78 is 5.62. The summed E-state index contributed by atoms with van der Waals surface area (Å²) in [6.07, 6.45) is 0. The Hall–Kier alpha value is 0.230. The van der Waals surface area contributed by atoms with E-state index in [2.05, 4.69) is 41.5 Å². The van der Waals surface area contributed by atoms with Gasteiger partial charge in [-0.25, -0.2) is 0 Å². The van der Waals surface area contributed by atoms with E-state index in [-0.39, 0.29) is 5.97 Å². The van der Waals surface area contributed by atoms with Gasteiger partial charge >= 0.3 is 124 Å². The Morgan fingerprint density at radius 1 is 0.947 bits per heavy atom. The van der Waals surface area contributed by atoms with Crippen molar-refractivity contribution in [1.82, 2.24) is 0 Å². The van der Waals surface area contributed by atoms with Crippen molar-refractivity contribution < 1.29 is 9.53 Å². The monoisotopic (exact) mass is 348 g/mol. The van der Waals surface area contributed by atoms with E-state index in [9.17, 15) is 4.79 Å². The Bertz CT molecular complexity index is 237. The Kier molecular flexibility index (Phi) is 8.60. The third-order valence-electron chi connectivity index (χ3n) is 5.89. The van der Waals surface area contributed by atoms with Gasteiger partial charge in [-0.2, -0.15) is 0 Å². The summed E-state index contributed by atoms with van der Waals surface area (Å²) in [5.41, 5.74) is 0. The van der Waals surface area contributed by atoms with Crippen LogP contribution in [0.25, 0.3) is 0 Å². The fourth-order valence-electron chi connectivity index (χ4n) is 3.99. The van der Waals surface area contributed by atoms with Crippen LogP contribution >= 0.6 is 0 Å². The Balaban J connectivity index is 5.85. The quantitative estimate of drug-likeness (QED) is 0.429. The van der Waals surface area contributed by atoms with Crippen LogP contribution in [0.2, 0.25) is 38.3 Å². The number of ether oxygens (including phenoxy) is 1. The molecule has 0 saturated heterocycles. The zero-order valence-electron chi connectivity index (χ0n) is 14.1.